The Kier molecular flexibility index (Phi) is 8.35. The maximum Gasteiger partial charge on any atom is 0.234 e. The van der Waals surface area contributed by atoms with Gasteiger partial charge in [0.2, 0.25) is 5.88 Å². The Balaban J connectivity index is 1.45. The molecule has 6 heteroatoms. The zero-order valence-corrected chi connectivity index (χ0v) is 19.6. The maximum absolute atomic E-state index is 6.22. The van der Waals surface area contributed by atoms with Crippen molar-refractivity contribution in [3.63, 3.8) is 0 Å². The van der Waals surface area contributed by atoms with Gasteiger partial charge in [-0.2, -0.15) is 5.10 Å². The molecule has 1 aromatic heterocycles. The Hall–Kier alpha value is -2.18. The molecule has 0 unspecified atom stereocenters. The van der Waals surface area contributed by atoms with E-state index in [4.69, 9.17) is 14.2 Å². The predicted octanol–water partition coefficient (Wildman–Crippen LogP) is 4.76. The second kappa shape index (κ2) is 11.6. The van der Waals surface area contributed by atoms with Crippen LogP contribution in [0, 0.1) is 5.92 Å². The van der Waals surface area contributed by atoms with Gasteiger partial charge in [-0.25, -0.2) is 0 Å². The number of aryl methyl sites for hydroxylation is 1. The van der Waals surface area contributed by atoms with E-state index >= 15 is 0 Å². The molecule has 2 fully saturated rings. The molecule has 0 saturated carbocycles. The monoisotopic (exact) mass is 439 g/mol. The molecule has 174 valence electrons. The van der Waals surface area contributed by atoms with Crippen LogP contribution in [0.4, 0.5) is 0 Å². The summed E-state index contributed by atoms with van der Waals surface area (Å²) in [7, 11) is 2.16. The van der Waals surface area contributed by atoms with Crippen molar-refractivity contribution in [1.82, 2.24) is 15.1 Å². The number of aromatic nitrogens is 2. The maximum atomic E-state index is 6.22. The number of unbranched alkanes of at least 4 members (excludes halogenated alkanes) is 1. The summed E-state index contributed by atoms with van der Waals surface area (Å²) in [5, 5.41) is 8.97. The fraction of sp³-hybridized carbons (Fsp3) is 0.615. The van der Waals surface area contributed by atoms with Gasteiger partial charge in [0.25, 0.3) is 0 Å². The molecule has 2 aliphatic heterocycles. The van der Waals surface area contributed by atoms with Crippen LogP contribution in [0.15, 0.2) is 30.3 Å². The molecule has 2 saturated heterocycles. The van der Waals surface area contributed by atoms with E-state index in [0.717, 1.165) is 100 Å². The number of likely N-dealkylation sites (tertiary alicyclic amines) is 1. The lowest BCUT2D eigenvalue weighted by atomic mass is 10.0. The van der Waals surface area contributed by atoms with Crippen LogP contribution in [-0.4, -0.2) is 61.2 Å². The molecule has 32 heavy (non-hydrogen) atoms. The van der Waals surface area contributed by atoms with E-state index in [1.807, 2.05) is 0 Å². The highest BCUT2D eigenvalue weighted by Gasteiger charge is 2.20. The van der Waals surface area contributed by atoms with Crippen LogP contribution in [-0.2, 0) is 11.2 Å². The van der Waals surface area contributed by atoms with Gasteiger partial charge in [-0.3, -0.25) is 0 Å². The van der Waals surface area contributed by atoms with Crippen LogP contribution in [0.5, 0.6) is 11.6 Å². The predicted molar refractivity (Wildman–Crippen MR) is 126 cm³/mol. The molecule has 2 aliphatic rings. The third-order valence-electron chi connectivity index (χ3n) is 6.56. The zero-order valence-electron chi connectivity index (χ0n) is 19.6. The van der Waals surface area contributed by atoms with Crippen molar-refractivity contribution in [2.45, 2.75) is 58.0 Å². The van der Waals surface area contributed by atoms with Gasteiger partial charge in [-0.1, -0.05) is 25.5 Å². The van der Waals surface area contributed by atoms with Crippen molar-refractivity contribution < 1.29 is 14.2 Å². The molecule has 6 nitrogen and oxygen atoms in total. The van der Waals surface area contributed by atoms with Crippen molar-refractivity contribution in [3.05, 3.63) is 36.0 Å². The smallest absolute Gasteiger partial charge is 0.234 e. The molecular formula is C26H37N3O3. The van der Waals surface area contributed by atoms with Crippen LogP contribution in [0.2, 0.25) is 0 Å². The molecule has 0 radical (unpaired) electrons. The first-order valence-electron chi connectivity index (χ1n) is 12.2. The van der Waals surface area contributed by atoms with E-state index in [-0.39, 0.29) is 6.10 Å². The van der Waals surface area contributed by atoms with Gasteiger partial charge in [0, 0.05) is 37.9 Å². The van der Waals surface area contributed by atoms with Crippen molar-refractivity contribution >= 4 is 0 Å². The summed E-state index contributed by atoms with van der Waals surface area (Å²) < 4.78 is 17.7. The van der Waals surface area contributed by atoms with Gasteiger partial charge in [0.05, 0.1) is 12.3 Å². The van der Waals surface area contributed by atoms with Crippen LogP contribution in [0.3, 0.4) is 0 Å². The molecule has 2 aromatic rings. The first-order chi connectivity index (χ1) is 15.7. The van der Waals surface area contributed by atoms with Gasteiger partial charge in [0.15, 0.2) is 0 Å². The summed E-state index contributed by atoms with van der Waals surface area (Å²) in [5.41, 5.74) is 3.29. The zero-order chi connectivity index (χ0) is 22.2. The topological polar surface area (TPSA) is 56.7 Å². The summed E-state index contributed by atoms with van der Waals surface area (Å²) in [5.74, 6) is 2.14. The van der Waals surface area contributed by atoms with Crippen LogP contribution in [0.25, 0.3) is 11.1 Å². The first-order valence-corrected chi connectivity index (χ1v) is 12.2. The molecule has 0 bridgehead atoms. The number of nitrogens with zero attached hydrogens (tertiary/aromatic N) is 3. The first kappa shape index (κ1) is 23.0. The Bertz CT molecular complexity index is 829. The second-order valence-corrected chi connectivity index (χ2v) is 9.16. The Morgan fingerprint density at radius 1 is 1.03 bits per heavy atom. The van der Waals surface area contributed by atoms with E-state index in [2.05, 4.69) is 59.4 Å². The van der Waals surface area contributed by atoms with E-state index in [0.29, 0.717) is 11.8 Å². The van der Waals surface area contributed by atoms with E-state index < -0.39 is 0 Å². The van der Waals surface area contributed by atoms with Crippen LogP contribution >= 0.6 is 0 Å². The summed E-state index contributed by atoms with van der Waals surface area (Å²) in [6.45, 7) is 6.80. The second-order valence-electron chi connectivity index (χ2n) is 9.16. The van der Waals surface area contributed by atoms with E-state index in [9.17, 15) is 0 Å². The molecule has 0 atom stereocenters. The Labute approximate surface area is 192 Å². The molecule has 1 aromatic carbocycles. The minimum absolute atomic E-state index is 0.218. The fourth-order valence-corrected chi connectivity index (χ4v) is 4.37. The third-order valence-corrected chi connectivity index (χ3v) is 6.56. The number of hydrogen-bond acceptors (Lipinski definition) is 6. The van der Waals surface area contributed by atoms with Crippen molar-refractivity contribution in [2.75, 3.05) is 40.0 Å². The Morgan fingerprint density at radius 2 is 1.78 bits per heavy atom. The fourth-order valence-electron chi connectivity index (χ4n) is 4.37. The SMILES string of the molecule is CCCCc1nnc(OC2CCN(C)CC2)cc1-c1ccc(OCC2CCOCC2)cc1. The molecule has 0 aliphatic carbocycles. The average molecular weight is 440 g/mol. The largest absolute Gasteiger partial charge is 0.493 e. The average Bonchev–Trinajstić information content (AvgIpc) is 2.84. The van der Waals surface area contributed by atoms with Crippen molar-refractivity contribution in [2.24, 2.45) is 5.92 Å². The summed E-state index contributed by atoms with van der Waals surface area (Å²) >= 11 is 0. The van der Waals surface area contributed by atoms with Crippen molar-refractivity contribution in [1.29, 1.82) is 0 Å². The molecule has 0 N–H and O–H groups in total. The van der Waals surface area contributed by atoms with Crippen LogP contribution < -0.4 is 9.47 Å². The number of benzene rings is 1. The highest BCUT2D eigenvalue weighted by atomic mass is 16.5. The van der Waals surface area contributed by atoms with E-state index in [1.165, 1.54) is 0 Å². The van der Waals surface area contributed by atoms with Crippen LogP contribution in [0.1, 0.15) is 51.1 Å². The minimum Gasteiger partial charge on any atom is -0.493 e. The molecule has 4 rings (SSSR count). The molecular weight excluding hydrogens is 402 g/mol. The lowest BCUT2D eigenvalue weighted by molar-refractivity contribution is 0.0497. The molecule has 0 amide bonds. The molecule has 3 heterocycles. The summed E-state index contributed by atoms with van der Waals surface area (Å²) in [6, 6.07) is 10.5. The summed E-state index contributed by atoms with van der Waals surface area (Å²) in [6.07, 6.45) is 7.61. The highest BCUT2D eigenvalue weighted by Crippen LogP contribution is 2.29. The standard InChI is InChI=1S/C26H37N3O3/c1-3-4-5-25-24(18-26(28-27-25)32-23-10-14-29(2)15-11-23)21-6-8-22(9-7-21)31-19-20-12-16-30-17-13-20/h6-9,18,20,23H,3-5,10-17,19H2,1-2H3. The number of ether oxygens (including phenoxy) is 3. The van der Waals surface area contributed by atoms with Gasteiger partial charge >= 0.3 is 0 Å². The third kappa shape index (κ3) is 6.42. The minimum atomic E-state index is 0.218. The van der Waals surface area contributed by atoms with Crippen molar-refractivity contribution in [3.8, 4) is 22.8 Å². The van der Waals surface area contributed by atoms with Gasteiger partial charge in [-0.15, -0.1) is 5.10 Å². The Morgan fingerprint density at radius 3 is 2.50 bits per heavy atom. The molecule has 0 spiro atoms. The normalized spacial score (nSPS) is 18.6. The lowest BCUT2D eigenvalue weighted by Gasteiger charge is -2.28. The number of hydrogen-bond donors (Lipinski definition) is 0. The summed E-state index contributed by atoms with van der Waals surface area (Å²) in [4.78, 5) is 2.34. The van der Waals surface area contributed by atoms with Gasteiger partial charge in [-0.05, 0) is 69.2 Å². The quantitative estimate of drug-likeness (QED) is 0.561. The number of rotatable bonds is 9. The highest BCUT2D eigenvalue weighted by molar-refractivity contribution is 5.67. The number of piperidine rings is 1. The van der Waals surface area contributed by atoms with Gasteiger partial charge < -0.3 is 19.1 Å². The van der Waals surface area contributed by atoms with E-state index in [1.54, 1.807) is 0 Å². The lowest BCUT2D eigenvalue weighted by Crippen LogP contribution is -2.35. The van der Waals surface area contributed by atoms with Gasteiger partial charge in [0.1, 0.15) is 11.9 Å².